The molecule has 2 N–H and O–H groups in total. The molecular weight excluding hydrogens is 268 g/mol. The maximum Gasteiger partial charge on any atom is 0.222 e. The highest BCUT2D eigenvalue weighted by molar-refractivity contribution is 5.85. The van der Waals surface area contributed by atoms with Crippen LogP contribution in [0.4, 0.5) is 0 Å². The van der Waals surface area contributed by atoms with Crippen LogP contribution >= 0.6 is 12.4 Å². The molecule has 1 amide bonds. The molecule has 0 saturated carbocycles. The first-order chi connectivity index (χ1) is 8.83. The van der Waals surface area contributed by atoms with Crippen molar-refractivity contribution in [2.24, 2.45) is 0 Å². The lowest BCUT2D eigenvalue weighted by molar-refractivity contribution is -0.123. The number of ether oxygens (including phenoxy) is 2. The summed E-state index contributed by atoms with van der Waals surface area (Å²) in [7, 11) is 0. The predicted octanol–water partition coefficient (Wildman–Crippen LogP) is 1.11. The van der Waals surface area contributed by atoms with Crippen molar-refractivity contribution in [3.8, 4) is 0 Å². The molecule has 19 heavy (non-hydrogen) atoms. The van der Waals surface area contributed by atoms with Crippen molar-refractivity contribution < 1.29 is 14.3 Å². The summed E-state index contributed by atoms with van der Waals surface area (Å²) in [4.78, 5) is 11.5. The topological polar surface area (TPSA) is 59.6 Å². The molecular formula is C13H27ClN2O3. The lowest BCUT2D eigenvalue weighted by atomic mass is 10.1. The van der Waals surface area contributed by atoms with E-state index in [-0.39, 0.29) is 24.4 Å². The van der Waals surface area contributed by atoms with Gasteiger partial charge in [-0.05, 0) is 25.8 Å². The van der Waals surface area contributed by atoms with Crippen LogP contribution in [0.2, 0.25) is 0 Å². The second-order valence-corrected chi connectivity index (χ2v) is 4.53. The van der Waals surface area contributed by atoms with Crippen molar-refractivity contribution in [1.29, 1.82) is 0 Å². The Morgan fingerprint density at radius 3 is 2.68 bits per heavy atom. The molecule has 1 aliphatic heterocycles. The first-order valence-electron chi connectivity index (χ1n) is 6.99. The van der Waals surface area contributed by atoms with Gasteiger partial charge in [-0.3, -0.25) is 4.79 Å². The Labute approximate surface area is 122 Å². The zero-order valence-corrected chi connectivity index (χ0v) is 12.6. The van der Waals surface area contributed by atoms with Crippen LogP contribution in [-0.4, -0.2) is 51.5 Å². The summed E-state index contributed by atoms with van der Waals surface area (Å²) < 4.78 is 10.9. The second kappa shape index (κ2) is 12.7. The second-order valence-electron chi connectivity index (χ2n) is 4.53. The van der Waals surface area contributed by atoms with Gasteiger partial charge in [0.15, 0.2) is 0 Å². The van der Waals surface area contributed by atoms with E-state index in [1.54, 1.807) is 0 Å². The maximum atomic E-state index is 11.5. The van der Waals surface area contributed by atoms with Crippen molar-refractivity contribution in [1.82, 2.24) is 10.6 Å². The molecule has 0 bridgehead atoms. The van der Waals surface area contributed by atoms with Gasteiger partial charge in [0, 0.05) is 32.7 Å². The third-order valence-electron chi connectivity index (χ3n) is 2.90. The maximum absolute atomic E-state index is 11.5. The molecule has 0 unspecified atom stereocenters. The number of hydrogen-bond acceptors (Lipinski definition) is 4. The molecule has 1 heterocycles. The third-order valence-corrected chi connectivity index (χ3v) is 2.90. The number of nitrogens with one attached hydrogen (secondary N) is 2. The summed E-state index contributed by atoms with van der Waals surface area (Å²) in [5.74, 6) is 0.0698. The molecule has 0 radical (unpaired) electrons. The molecule has 114 valence electrons. The molecule has 0 aliphatic carbocycles. The van der Waals surface area contributed by atoms with Crippen LogP contribution in [0.25, 0.3) is 0 Å². The summed E-state index contributed by atoms with van der Waals surface area (Å²) in [6, 6.07) is 0. The largest absolute Gasteiger partial charge is 0.381 e. The molecule has 1 fully saturated rings. The third kappa shape index (κ3) is 10.1. The molecule has 0 spiro atoms. The van der Waals surface area contributed by atoms with E-state index >= 15 is 0 Å². The van der Waals surface area contributed by atoms with Gasteiger partial charge < -0.3 is 20.1 Å². The van der Waals surface area contributed by atoms with Crippen LogP contribution < -0.4 is 10.6 Å². The minimum atomic E-state index is 0. The molecule has 0 atom stereocenters. The lowest BCUT2D eigenvalue weighted by Gasteiger charge is -2.22. The standard InChI is InChI=1S/C13H26N2O3.ClH/c1-2-6-14-7-8-15-13(16)5-11-18-12-3-9-17-10-4-12;/h12,14H,2-11H2,1H3,(H,15,16);1H. The van der Waals surface area contributed by atoms with E-state index in [4.69, 9.17) is 9.47 Å². The van der Waals surface area contributed by atoms with Gasteiger partial charge in [-0.2, -0.15) is 0 Å². The van der Waals surface area contributed by atoms with Crippen LogP contribution in [0.1, 0.15) is 32.6 Å². The van der Waals surface area contributed by atoms with Crippen molar-refractivity contribution in [3.05, 3.63) is 0 Å². The van der Waals surface area contributed by atoms with Gasteiger partial charge >= 0.3 is 0 Å². The van der Waals surface area contributed by atoms with Crippen LogP contribution in [0.3, 0.4) is 0 Å². The minimum Gasteiger partial charge on any atom is -0.381 e. The van der Waals surface area contributed by atoms with E-state index in [9.17, 15) is 4.79 Å². The van der Waals surface area contributed by atoms with E-state index in [0.717, 1.165) is 45.6 Å². The first-order valence-corrected chi connectivity index (χ1v) is 6.99. The highest BCUT2D eigenvalue weighted by atomic mass is 35.5. The van der Waals surface area contributed by atoms with Crippen molar-refractivity contribution in [3.63, 3.8) is 0 Å². The lowest BCUT2D eigenvalue weighted by Crippen LogP contribution is -2.33. The van der Waals surface area contributed by atoms with Crippen LogP contribution in [0.15, 0.2) is 0 Å². The van der Waals surface area contributed by atoms with Crippen molar-refractivity contribution >= 4 is 18.3 Å². The fourth-order valence-electron chi connectivity index (χ4n) is 1.84. The molecule has 0 aromatic carbocycles. The zero-order valence-electron chi connectivity index (χ0n) is 11.8. The fourth-order valence-corrected chi connectivity index (χ4v) is 1.84. The molecule has 6 heteroatoms. The van der Waals surface area contributed by atoms with Gasteiger partial charge in [-0.25, -0.2) is 0 Å². The van der Waals surface area contributed by atoms with Crippen LogP contribution in [-0.2, 0) is 14.3 Å². The zero-order chi connectivity index (χ0) is 13.1. The number of hydrogen-bond donors (Lipinski definition) is 2. The highest BCUT2D eigenvalue weighted by Crippen LogP contribution is 2.10. The van der Waals surface area contributed by atoms with E-state index in [0.29, 0.717) is 19.6 Å². The van der Waals surface area contributed by atoms with Crippen LogP contribution in [0.5, 0.6) is 0 Å². The Hall–Kier alpha value is -0.360. The first kappa shape index (κ1) is 18.6. The summed E-state index contributed by atoms with van der Waals surface area (Å²) in [5, 5.41) is 6.11. The van der Waals surface area contributed by atoms with Crippen molar-refractivity contribution in [2.75, 3.05) is 39.5 Å². The quantitative estimate of drug-likeness (QED) is 0.626. The SMILES string of the molecule is CCCNCCNC(=O)CCOC1CCOCC1.Cl. The van der Waals surface area contributed by atoms with E-state index < -0.39 is 0 Å². The summed E-state index contributed by atoms with van der Waals surface area (Å²) in [6.07, 6.45) is 3.74. The molecule has 1 saturated heterocycles. The minimum absolute atomic E-state index is 0. The van der Waals surface area contributed by atoms with Gasteiger partial charge in [0.25, 0.3) is 0 Å². The summed E-state index contributed by atoms with van der Waals surface area (Å²) in [6.45, 7) is 6.72. The molecule has 0 aromatic rings. The number of rotatable bonds is 9. The Bertz CT molecular complexity index is 224. The molecule has 1 aliphatic rings. The number of carbonyl (C=O) groups excluding carboxylic acids is 1. The normalized spacial score (nSPS) is 15.8. The monoisotopic (exact) mass is 294 g/mol. The van der Waals surface area contributed by atoms with Crippen LogP contribution in [0, 0.1) is 0 Å². The van der Waals surface area contributed by atoms with Crippen molar-refractivity contribution in [2.45, 2.75) is 38.7 Å². The summed E-state index contributed by atoms with van der Waals surface area (Å²) >= 11 is 0. The fraction of sp³-hybridized carbons (Fsp3) is 0.923. The molecule has 5 nitrogen and oxygen atoms in total. The number of carbonyl (C=O) groups is 1. The number of amides is 1. The van der Waals surface area contributed by atoms with Gasteiger partial charge in [-0.15, -0.1) is 12.4 Å². The van der Waals surface area contributed by atoms with Gasteiger partial charge in [-0.1, -0.05) is 6.92 Å². The Morgan fingerprint density at radius 1 is 1.26 bits per heavy atom. The highest BCUT2D eigenvalue weighted by Gasteiger charge is 2.14. The Kier molecular flexibility index (Phi) is 12.4. The van der Waals surface area contributed by atoms with Gasteiger partial charge in [0.2, 0.25) is 5.91 Å². The number of halogens is 1. The molecule has 1 rings (SSSR count). The van der Waals surface area contributed by atoms with E-state index in [1.807, 2.05) is 0 Å². The van der Waals surface area contributed by atoms with E-state index in [1.165, 1.54) is 0 Å². The van der Waals surface area contributed by atoms with E-state index in [2.05, 4.69) is 17.6 Å². The average Bonchev–Trinajstić information content (AvgIpc) is 2.40. The smallest absolute Gasteiger partial charge is 0.222 e. The van der Waals surface area contributed by atoms with Gasteiger partial charge in [0.1, 0.15) is 0 Å². The predicted molar refractivity (Wildman–Crippen MR) is 77.8 cm³/mol. The summed E-state index contributed by atoms with van der Waals surface area (Å²) in [5.41, 5.74) is 0. The average molecular weight is 295 g/mol. The molecule has 0 aromatic heterocycles. The Balaban J connectivity index is 0.00000324. The Morgan fingerprint density at radius 2 is 2.00 bits per heavy atom. The van der Waals surface area contributed by atoms with Gasteiger partial charge in [0.05, 0.1) is 12.7 Å².